The van der Waals surface area contributed by atoms with Crippen LogP contribution in [0.1, 0.15) is 35.8 Å². The molecule has 2 atom stereocenters. The SMILES string of the molecule is CCC[C@H](Br)[C@H]1Cn2c(cc3ccccc32)C(=O)N1S(=O)(=O)c1ccc(C)cc1. The van der Waals surface area contributed by atoms with Crippen molar-refractivity contribution in [3.63, 3.8) is 0 Å². The molecule has 0 aliphatic carbocycles. The first-order valence-corrected chi connectivity index (χ1v) is 12.1. The summed E-state index contributed by atoms with van der Waals surface area (Å²) in [5.74, 6) is -0.474. The quantitative estimate of drug-likeness (QED) is 0.502. The molecule has 1 aliphatic rings. The lowest BCUT2D eigenvalue weighted by Gasteiger charge is -2.38. The molecule has 3 aromatic rings. The topological polar surface area (TPSA) is 59.4 Å². The summed E-state index contributed by atoms with van der Waals surface area (Å²) in [4.78, 5) is 13.5. The summed E-state index contributed by atoms with van der Waals surface area (Å²) in [5.41, 5.74) is 2.33. The minimum absolute atomic E-state index is 0.133. The van der Waals surface area contributed by atoms with Gasteiger partial charge in [0.25, 0.3) is 15.9 Å². The van der Waals surface area contributed by atoms with Gasteiger partial charge in [0.15, 0.2) is 0 Å². The molecule has 0 saturated heterocycles. The van der Waals surface area contributed by atoms with E-state index in [0.717, 1.165) is 33.6 Å². The van der Waals surface area contributed by atoms with Crippen molar-refractivity contribution >= 4 is 42.8 Å². The fourth-order valence-corrected chi connectivity index (χ4v) is 6.56. The molecule has 0 fully saturated rings. The van der Waals surface area contributed by atoms with Gasteiger partial charge in [-0.2, -0.15) is 0 Å². The first-order chi connectivity index (χ1) is 13.8. The molecule has 0 radical (unpaired) electrons. The molecule has 0 spiro atoms. The summed E-state index contributed by atoms with van der Waals surface area (Å²) in [6, 6.07) is 15.7. The van der Waals surface area contributed by atoms with Crippen LogP contribution in [0.15, 0.2) is 59.5 Å². The van der Waals surface area contributed by atoms with Gasteiger partial charge in [0.05, 0.1) is 10.9 Å². The van der Waals surface area contributed by atoms with Crippen molar-refractivity contribution in [2.24, 2.45) is 0 Å². The Kier molecular flexibility index (Phi) is 5.29. The van der Waals surface area contributed by atoms with Gasteiger partial charge in [0, 0.05) is 22.3 Å². The lowest BCUT2D eigenvalue weighted by atomic mass is 10.1. The van der Waals surface area contributed by atoms with Gasteiger partial charge in [-0.1, -0.05) is 65.2 Å². The van der Waals surface area contributed by atoms with Crippen LogP contribution in [0.25, 0.3) is 10.9 Å². The van der Waals surface area contributed by atoms with Gasteiger partial charge in [0.1, 0.15) is 5.69 Å². The Morgan fingerprint density at radius 3 is 2.52 bits per heavy atom. The van der Waals surface area contributed by atoms with E-state index >= 15 is 0 Å². The van der Waals surface area contributed by atoms with Crippen molar-refractivity contribution in [3.8, 4) is 0 Å². The molecule has 4 rings (SSSR count). The average molecular weight is 475 g/mol. The maximum atomic E-state index is 13.5. The fourth-order valence-electron chi connectivity index (χ4n) is 3.95. The molecular weight excluding hydrogens is 452 g/mol. The zero-order chi connectivity index (χ0) is 20.8. The highest BCUT2D eigenvalue weighted by Crippen LogP contribution is 2.34. The van der Waals surface area contributed by atoms with Gasteiger partial charge in [0.2, 0.25) is 0 Å². The Labute approximate surface area is 179 Å². The predicted molar refractivity (Wildman–Crippen MR) is 118 cm³/mol. The molecule has 2 aromatic carbocycles. The van der Waals surface area contributed by atoms with E-state index in [4.69, 9.17) is 0 Å². The maximum Gasteiger partial charge on any atom is 0.284 e. The summed E-state index contributed by atoms with van der Waals surface area (Å²) < 4.78 is 30.1. The molecule has 0 N–H and O–H groups in total. The first-order valence-electron chi connectivity index (χ1n) is 9.72. The third-order valence-corrected chi connectivity index (χ3v) is 8.35. The largest absolute Gasteiger partial charge is 0.334 e. The monoisotopic (exact) mass is 474 g/mol. The lowest BCUT2D eigenvalue weighted by Crippen LogP contribution is -2.54. The van der Waals surface area contributed by atoms with Crippen molar-refractivity contribution in [2.45, 2.75) is 49.0 Å². The molecule has 1 amide bonds. The van der Waals surface area contributed by atoms with Crippen LogP contribution in [0, 0.1) is 6.92 Å². The number of para-hydroxylation sites is 1. The van der Waals surface area contributed by atoms with E-state index in [9.17, 15) is 13.2 Å². The molecule has 1 aliphatic heterocycles. The molecule has 29 heavy (non-hydrogen) atoms. The maximum absolute atomic E-state index is 13.5. The van der Waals surface area contributed by atoms with Gasteiger partial charge < -0.3 is 4.57 Å². The number of sulfonamides is 1. The van der Waals surface area contributed by atoms with Gasteiger partial charge in [-0.05, 0) is 37.6 Å². The molecule has 7 heteroatoms. The lowest BCUT2D eigenvalue weighted by molar-refractivity contribution is 0.0762. The number of halogens is 1. The Morgan fingerprint density at radius 1 is 1.14 bits per heavy atom. The molecular formula is C22H23BrN2O3S. The summed E-state index contributed by atoms with van der Waals surface area (Å²) in [6.45, 7) is 4.38. The van der Waals surface area contributed by atoms with Crippen molar-refractivity contribution in [2.75, 3.05) is 0 Å². The standard InChI is InChI=1S/C22H23BrN2O3S/c1-3-6-18(23)21-14-24-19-8-5-4-7-16(19)13-20(24)22(26)25(21)29(27,28)17-11-9-15(2)10-12-17/h4-5,7-13,18,21H,3,6,14H2,1-2H3/t18-,21+/m0/s1. The molecule has 2 heterocycles. The van der Waals surface area contributed by atoms with Gasteiger partial charge in [-0.3, -0.25) is 4.79 Å². The summed E-state index contributed by atoms with van der Waals surface area (Å²) in [5, 5.41) is 0.936. The van der Waals surface area contributed by atoms with Crippen LogP contribution in [-0.4, -0.2) is 34.1 Å². The Bertz CT molecular complexity index is 1170. The number of aromatic nitrogens is 1. The van der Waals surface area contributed by atoms with Crippen LogP contribution in [0.4, 0.5) is 0 Å². The summed E-state index contributed by atoms with van der Waals surface area (Å²) in [6.07, 6.45) is 1.66. The Balaban J connectivity index is 1.87. The number of rotatable bonds is 5. The van der Waals surface area contributed by atoms with Crippen molar-refractivity contribution in [1.29, 1.82) is 0 Å². The van der Waals surface area contributed by atoms with E-state index in [0.29, 0.717) is 12.2 Å². The number of alkyl halides is 1. The van der Waals surface area contributed by atoms with E-state index < -0.39 is 22.0 Å². The third-order valence-electron chi connectivity index (χ3n) is 5.46. The predicted octanol–water partition coefficient (Wildman–Crippen LogP) is 4.73. The second-order valence-corrected chi connectivity index (χ2v) is 10.5. The molecule has 1 aromatic heterocycles. The Hall–Kier alpha value is -2.12. The number of fused-ring (bicyclic) bond motifs is 3. The van der Waals surface area contributed by atoms with Crippen LogP contribution in [0.2, 0.25) is 0 Å². The van der Waals surface area contributed by atoms with Gasteiger partial charge >= 0.3 is 0 Å². The van der Waals surface area contributed by atoms with Crippen LogP contribution >= 0.6 is 15.9 Å². The van der Waals surface area contributed by atoms with Crippen molar-refractivity contribution in [3.05, 3.63) is 65.9 Å². The zero-order valence-electron chi connectivity index (χ0n) is 16.4. The van der Waals surface area contributed by atoms with Crippen LogP contribution in [-0.2, 0) is 16.6 Å². The number of hydrogen-bond acceptors (Lipinski definition) is 3. The van der Waals surface area contributed by atoms with Crippen molar-refractivity contribution < 1.29 is 13.2 Å². The van der Waals surface area contributed by atoms with E-state index in [1.165, 1.54) is 0 Å². The highest BCUT2D eigenvalue weighted by Gasteiger charge is 2.44. The first kappa shape index (κ1) is 20.2. The van der Waals surface area contributed by atoms with Crippen LogP contribution in [0.5, 0.6) is 0 Å². The number of aryl methyl sites for hydroxylation is 1. The molecule has 0 unspecified atom stereocenters. The minimum Gasteiger partial charge on any atom is -0.334 e. The number of carbonyl (C=O) groups is 1. The highest BCUT2D eigenvalue weighted by atomic mass is 79.9. The number of hydrogen-bond donors (Lipinski definition) is 0. The number of benzene rings is 2. The number of amides is 1. The van der Waals surface area contributed by atoms with E-state index in [1.54, 1.807) is 30.3 Å². The number of nitrogens with zero attached hydrogens (tertiary/aromatic N) is 2. The second kappa shape index (κ2) is 7.61. The smallest absolute Gasteiger partial charge is 0.284 e. The summed E-state index contributed by atoms with van der Waals surface area (Å²) in [7, 11) is -3.98. The fraction of sp³-hybridized carbons (Fsp3) is 0.318. The summed E-state index contributed by atoms with van der Waals surface area (Å²) >= 11 is 3.68. The third kappa shape index (κ3) is 3.40. The van der Waals surface area contributed by atoms with Crippen molar-refractivity contribution in [1.82, 2.24) is 8.87 Å². The number of carbonyl (C=O) groups excluding carboxylic acids is 1. The van der Waals surface area contributed by atoms with E-state index in [-0.39, 0.29) is 9.72 Å². The normalized spacial score (nSPS) is 18.1. The molecule has 152 valence electrons. The molecule has 0 saturated carbocycles. The van der Waals surface area contributed by atoms with Crippen LogP contribution in [0.3, 0.4) is 0 Å². The highest BCUT2D eigenvalue weighted by molar-refractivity contribution is 9.09. The minimum atomic E-state index is -3.98. The van der Waals surface area contributed by atoms with Crippen LogP contribution < -0.4 is 0 Å². The molecule has 0 bridgehead atoms. The zero-order valence-corrected chi connectivity index (χ0v) is 18.8. The Morgan fingerprint density at radius 2 is 1.83 bits per heavy atom. The second-order valence-electron chi connectivity index (χ2n) is 7.49. The molecule has 5 nitrogen and oxygen atoms in total. The van der Waals surface area contributed by atoms with Gasteiger partial charge in [-0.15, -0.1) is 0 Å². The van der Waals surface area contributed by atoms with Gasteiger partial charge in [-0.25, -0.2) is 12.7 Å². The van der Waals surface area contributed by atoms with E-state index in [1.807, 2.05) is 42.7 Å². The van der Waals surface area contributed by atoms with E-state index in [2.05, 4.69) is 15.9 Å². The average Bonchev–Trinajstić information content (AvgIpc) is 3.07.